The molecule has 1 fully saturated rings. The van der Waals surface area contributed by atoms with E-state index in [1.54, 1.807) is 6.08 Å². The number of carbonyl (C=O) groups is 2. The van der Waals surface area contributed by atoms with Gasteiger partial charge in [0.2, 0.25) is 0 Å². The minimum Gasteiger partial charge on any atom is -0.268 e. The van der Waals surface area contributed by atoms with E-state index in [-0.39, 0.29) is 11.1 Å². The maximum absolute atomic E-state index is 12.6. The van der Waals surface area contributed by atoms with Crippen LogP contribution in [-0.4, -0.2) is 16.0 Å². The third-order valence-electron chi connectivity index (χ3n) is 3.89. The molecule has 2 aromatic carbocycles. The van der Waals surface area contributed by atoms with Crippen LogP contribution in [-0.2, 0) is 11.3 Å². The summed E-state index contributed by atoms with van der Waals surface area (Å²) in [6.07, 6.45) is 3.78. The smallest absolute Gasteiger partial charge is 0.268 e. The van der Waals surface area contributed by atoms with Gasteiger partial charge in [-0.25, -0.2) is 0 Å². The van der Waals surface area contributed by atoms with Crippen LogP contribution in [0.4, 0.5) is 4.79 Å². The van der Waals surface area contributed by atoms with Crippen molar-refractivity contribution in [1.29, 1.82) is 0 Å². The van der Waals surface area contributed by atoms with Crippen LogP contribution in [0, 0.1) is 6.92 Å². The number of allylic oxidation sites excluding steroid dienone is 2. The molecular formula is C21H19NO2S. The number of aryl methyl sites for hydroxylation is 1. The molecule has 25 heavy (non-hydrogen) atoms. The van der Waals surface area contributed by atoms with E-state index in [2.05, 4.69) is 0 Å². The first-order valence-electron chi connectivity index (χ1n) is 8.07. The van der Waals surface area contributed by atoms with E-state index < -0.39 is 0 Å². The van der Waals surface area contributed by atoms with Crippen molar-refractivity contribution in [2.24, 2.45) is 0 Å². The van der Waals surface area contributed by atoms with Crippen LogP contribution >= 0.6 is 11.8 Å². The highest BCUT2D eigenvalue weighted by molar-refractivity contribution is 8.18. The molecule has 3 nitrogen and oxygen atoms in total. The van der Waals surface area contributed by atoms with Crippen molar-refractivity contribution >= 4 is 29.0 Å². The van der Waals surface area contributed by atoms with Crippen LogP contribution in [0.1, 0.15) is 23.6 Å². The normalized spacial score (nSPS) is 16.8. The van der Waals surface area contributed by atoms with E-state index in [4.69, 9.17) is 0 Å². The van der Waals surface area contributed by atoms with Crippen LogP contribution in [0.3, 0.4) is 0 Å². The highest BCUT2D eigenvalue weighted by Gasteiger charge is 2.34. The summed E-state index contributed by atoms with van der Waals surface area (Å²) in [6.45, 7) is 4.25. The Bertz CT molecular complexity index is 851. The van der Waals surface area contributed by atoms with Crippen molar-refractivity contribution < 1.29 is 9.59 Å². The van der Waals surface area contributed by atoms with Crippen LogP contribution < -0.4 is 0 Å². The molecule has 4 heteroatoms. The second-order valence-electron chi connectivity index (χ2n) is 6.05. The van der Waals surface area contributed by atoms with E-state index in [0.717, 1.165) is 34.0 Å². The molecular weight excluding hydrogens is 330 g/mol. The molecule has 0 bridgehead atoms. The van der Waals surface area contributed by atoms with Crippen LogP contribution in [0.15, 0.2) is 71.2 Å². The topological polar surface area (TPSA) is 37.4 Å². The van der Waals surface area contributed by atoms with Crippen molar-refractivity contribution in [3.8, 4) is 0 Å². The lowest BCUT2D eigenvalue weighted by Gasteiger charge is -2.12. The monoisotopic (exact) mass is 349 g/mol. The van der Waals surface area contributed by atoms with E-state index in [1.165, 1.54) is 4.90 Å². The van der Waals surface area contributed by atoms with Gasteiger partial charge in [-0.1, -0.05) is 66.2 Å². The molecule has 0 N–H and O–H groups in total. The molecule has 2 amide bonds. The summed E-state index contributed by atoms with van der Waals surface area (Å²) in [5.41, 5.74) is 4.10. The predicted molar refractivity (Wildman–Crippen MR) is 103 cm³/mol. The lowest BCUT2D eigenvalue weighted by Crippen LogP contribution is -2.27. The summed E-state index contributed by atoms with van der Waals surface area (Å²) in [4.78, 5) is 26.6. The van der Waals surface area contributed by atoms with Crippen molar-refractivity contribution in [2.75, 3.05) is 0 Å². The molecule has 0 radical (unpaired) electrons. The Hall–Kier alpha value is -2.59. The van der Waals surface area contributed by atoms with Gasteiger partial charge in [-0.05, 0) is 48.4 Å². The number of hydrogen-bond donors (Lipinski definition) is 0. The number of nitrogens with zero attached hydrogens (tertiary/aromatic N) is 1. The molecule has 126 valence electrons. The maximum Gasteiger partial charge on any atom is 0.293 e. The zero-order valence-electron chi connectivity index (χ0n) is 14.2. The summed E-state index contributed by atoms with van der Waals surface area (Å²) < 4.78 is 0. The van der Waals surface area contributed by atoms with Crippen molar-refractivity contribution in [3.05, 3.63) is 87.8 Å². The average Bonchev–Trinajstić information content (AvgIpc) is 2.85. The fraction of sp³-hybridized carbons (Fsp3) is 0.143. The van der Waals surface area contributed by atoms with Gasteiger partial charge in [-0.2, -0.15) is 0 Å². The molecule has 3 rings (SSSR count). The Morgan fingerprint density at radius 1 is 1.04 bits per heavy atom. The molecule has 1 aliphatic heterocycles. The van der Waals surface area contributed by atoms with E-state index in [1.807, 2.05) is 74.5 Å². The molecule has 0 spiro atoms. The molecule has 0 atom stereocenters. The molecule has 1 saturated heterocycles. The number of amides is 2. The third-order valence-corrected chi connectivity index (χ3v) is 4.79. The van der Waals surface area contributed by atoms with Gasteiger partial charge in [0, 0.05) is 0 Å². The second kappa shape index (κ2) is 7.53. The Labute approximate surface area is 152 Å². The number of rotatable bonds is 4. The second-order valence-corrected chi connectivity index (χ2v) is 7.05. The Balaban J connectivity index is 1.76. The molecule has 1 heterocycles. The largest absolute Gasteiger partial charge is 0.293 e. The average molecular weight is 349 g/mol. The number of carbonyl (C=O) groups excluding carboxylic acids is 2. The highest BCUT2D eigenvalue weighted by Crippen LogP contribution is 2.32. The van der Waals surface area contributed by atoms with Gasteiger partial charge >= 0.3 is 0 Å². The zero-order valence-corrected chi connectivity index (χ0v) is 15.0. The molecule has 0 aromatic heterocycles. The van der Waals surface area contributed by atoms with Crippen LogP contribution in [0.2, 0.25) is 0 Å². The fourth-order valence-electron chi connectivity index (χ4n) is 2.57. The molecule has 0 aliphatic carbocycles. The first kappa shape index (κ1) is 17.2. The van der Waals surface area contributed by atoms with Gasteiger partial charge < -0.3 is 0 Å². The van der Waals surface area contributed by atoms with Gasteiger partial charge in [0.25, 0.3) is 11.1 Å². The zero-order chi connectivity index (χ0) is 17.8. The predicted octanol–water partition coefficient (Wildman–Crippen LogP) is 5.18. The number of benzene rings is 2. The SMILES string of the molecule is CC(=C\c1ccccc1)/C=C1/SC(=O)N(Cc2ccc(C)cc2)C1=O. The minimum absolute atomic E-state index is 0.218. The minimum atomic E-state index is -0.226. The standard InChI is InChI=1S/C21H19NO2S/c1-15-8-10-18(11-9-15)14-22-20(23)19(25-21(22)24)13-16(2)12-17-6-4-3-5-7-17/h3-13H,14H2,1-2H3/b16-12+,19-13+. The van der Waals surface area contributed by atoms with Gasteiger partial charge in [0.05, 0.1) is 11.4 Å². The van der Waals surface area contributed by atoms with E-state index in [9.17, 15) is 9.59 Å². The number of hydrogen-bond acceptors (Lipinski definition) is 3. The van der Waals surface area contributed by atoms with Gasteiger partial charge in [0.15, 0.2) is 0 Å². The molecule has 1 aliphatic rings. The summed E-state index contributed by atoms with van der Waals surface area (Å²) in [7, 11) is 0. The van der Waals surface area contributed by atoms with Crippen LogP contribution in [0.25, 0.3) is 6.08 Å². The first-order chi connectivity index (χ1) is 12.0. The maximum atomic E-state index is 12.6. The van der Waals surface area contributed by atoms with E-state index >= 15 is 0 Å². The van der Waals surface area contributed by atoms with Crippen molar-refractivity contribution in [3.63, 3.8) is 0 Å². The Morgan fingerprint density at radius 2 is 1.72 bits per heavy atom. The van der Waals surface area contributed by atoms with Gasteiger partial charge in [0.1, 0.15) is 0 Å². The summed E-state index contributed by atoms with van der Waals surface area (Å²) >= 11 is 1.00. The molecule has 0 saturated carbocycles. The van der Waals surface area contributed by atoms with Crippen molar-refractivity contribution in [1.82, 2.24) is 4.90 Å². The summed E-state index contributed by atoms with van der Waals surface area (Å²) in [6, 6.07) is 17.8. The molecule has 0 unspecified atom stereocenters. The quantitative estimate of drug-likeness (QED) is 0.714. The summed E-state index contributed by atoms with van der Waals surface area (Å²) in [5, 5.41) is -0.218. The number of thioether (sulfide) groups is 1. The van der Waals surface area contributed by atoms with Crippen LogP contribution in [0.5, 0.6) is 0 Å². The summed E-state index contributed by atoms with van der Waals surface area (Å²) in [5.74, 6) is -0.226. The lowest BCUT2D eigenvalue weighted by molar-refractivity contribution is -0.123. The third kappa shape index (κ3) is 4.28. The lowest BCUT2D eigenvalue weighted by atomic mass is 10.1. The van der Waals surface area contributed by atoms with Gasteiger partial charge in [-0.3, -0.25) is 14.5 Å². The molecule has 2 aromatic rings. The van der Waals surface area contributed by atoms with Crippen molar-refractivity contribution in [2.45, 2.75) is 20.4 Å². The Kier molecular flexibility index (Phi) is 5.19. The fourth-order valence-corrected chi connectivity index (χ4v) is 3.46. The van der Waals surface area contributed by atoms with Gasteiger partial charge in [-0.15, -0.1) is 0 Å². The Morgan fingerprint density at radius 3 is 2.40 bits per heavy atom. The first-order valence-corrected chi connectivity index (χ1v) is 8.89. The highest BCUT2D eigenvalue weighted by atomic mass is 32.2. The number of imide groups is 1. The van der Waals surface area contributed by atoms with E-state index in [0.29, 0.717) is 11.4 Å².